The molecule has 1 aromatic rings. The van der Waals surface area contributed by atoms with Gasteiger partial charge < -0.3 is 15.1 Å². The fraction of sp³-hybridized carbons (Fsp3) is 0.636. The molecule has 1 fully saturated rings. The Morgan fingerprint density at radius 3 is 2.94 bits per heavy atom. The van der Waals surface area contributed by atoms with Crippen molar-refractivity contribution < 1.29 is 4.74 Å². The van der Waals surface area contributed by atoms with E-state index in [0.29, 0.717) is 17.7 Å². The zero-order chi connectivity index (χ0) is 12.4. The Labute approximate surface area is 101 Å². The molecule has 0 amide bonds. The Balaban J connectivity index is 2.28. The molecular formula is C11H19N5O. The quantitative estimate of drug-likeness (QED) is 0.582. The number of aromatic nitrogens is 2. The highest BCUT2D eigenvalue weighted by molar-refractivity contribution is 5.49. The van der Waals surface area contributed by atoms with E-state index < -0.39 is 0 Å². The van der Waals surface area contributed by atoms with Gasteiger partial charge in [0, 0.05) is 12.6 Å². The first kappa shape index (κ1) is 12.1. The standard InChI is InChI=1S/C11H19N5O/c1-7-6-17-8(2)5-16(7)11-4-10(15-12)13-9(3)14-11/h4,7-8H,5-6,12H2,1-3H3,(H,13,14,15). The summed E-state index contributed by atoms with van der Waals surface area (Å²) in [5.74, 6) is 7.64. The first-order valence-corrected chi connectivity index (χ1v) is 5.80. The Hall–Kier alpha value is -1.40. The summed E-state index contributed by atoms with van der Waals surface area (Å²) in [5.41, 5.74) is 2.56. The number of nitrogens with one attached hydrogen (secondary N) is 1. The van der Waals surface area contributed by atoms with Gasteiger partial charge in [-0.2, -0.15) is 0 Å². The summed E-state index contributed by atoms with van der Waals surface area (Å²) >= 11 is 0. The van der Waals surface area contributed by atoms with Crippen molar-refractivity contribution in [2.75, 3.05) is 23.5 Å². The first-order valence-electron chi connectivity index (χ1n) is 5.80. The summed E-state index contributed by atoms with van der Waals surface area (Å²) in [4.78, 5) is 10.9. The second-order valence-electron chi connectivity index (χ2n) is 4.45. The topological polar surface area (TPSA) is 76.3 Å². The fourth-order valence-corrected chi connectivity index (χ4v) is 2.00. The van der Waals surface area contributed by atoms with Gasteiger partial charge in [0.05, 0.1) is 18.8 Å². The number of nitrogens with two attached hydrogens (primary N) is 1. The molecule has 17 heavy (non-hydrogen) atoms. The van der Waals surface area contributed by atoms with Gasteiger partial charge >= 0.3 is 0 Å². The molecule has 6 heteroatoms. The SMILES string of the molecule is Cc1nc(NN)cc(N2CC(C)OCC2C)n1. The van der Waals surface area contributed by atoms with Gasteiger partial charge in [0.2, 0.25) is 0 Å². The molecule has 2 atom stereocenters. The van der Waals surface area contributed by atoms with Crippen molar-refractivity contribution in [2.24, 2.45) is 5.84 Å². The van der Waals surface area contributed by atoms with E-state index in [-0.39, 0.29) is 6.10 Å². The van der Waals surface area contributed by atoms with Crippen molar-refractivity contribution in [2.45, 2.75) is 32.9 Å². The largest absolute Gasteiger partial charge is 0.375 e. The van der Waals surface area contributed by atoms with E-state index in [9.17, 15) is 0 Å². The van der Waals surface area contributed by atoms with E-state index in [4.69, 9.17) is 10.6 Å². The molecule has 1 aliphatic heterocycles. The third-order valence-corrected chi connectivity index (χ3v) is 2.87. The number of rotatable bonds is 2. The second kappa shape index (κ2) is 4.85. The molecule has 2 rings (SSSR count). The van der Waals surface area contributed by atoms with Gasteiger partial charge in [0.15, 0.2) is 0 Å². The lowest BCUT2D eigenvalue weighted by atomic mass is 10.2. The highest BCUT2D eigenvalue weighted by atomic mass is 16.5. The van der Waals surface area contributed by atoms with Crippen LogP contribution in [0.25, 0.3) is 0 Å². The number of nitrogen functional groups attached to an aromatic ring is 1. The molecule has 2 heterocycles. The van der Waals surface area contributed by atoms with Crippen molar-refractivity contribution in [3.05, 3.63) is 11.9 Å². The van der Waals surface area contributed by atoms with Crippen LogP contribution in [0.1, 0.15) is 19.7 Å². The van der Waals surface area contributed by atoms with Crippen molar-refractivity contribution in [3.8, 4) is 0 Å². The minimum absolute atomic E-state index is 0.218. The monoisotopic (exact) mass is 237 g/mol. The van der Waals surface area contributed by atoms with Gasteiger partial charge in [-0.15, -0.1) is 0 Å². The van der Waals surface area contributed by atoms with E-state index in [2.05, 4.69) is 34.1 Å². The lowest BCUT2D eigenvalue weighted by molar-refractivity contribution is 0.0340. The van der Waals surface area contributed by atoms with E-state index >= 15 is 0 Å². The number of aryl methyl sites for hydroxylation is 1. The molecule has 0 aromatic carbocycles. The number of morpholine rings is 1. The van der Waals surface area contributed by atoms with Crippen LogP contribution in [0.3, 0.4) is 0 Å². The number of hydrogen-bond acceptors (Lipinski definition) is 6. The maximum atomic E-state index is 5.60. The Kier molecular flexibility index (Phi) is 3.44. The third-order valence-electron chi connectivity index (χ3n) is 2.87. The van der Waals surface area contributed by atoms with Gasteiger partial charge in [0.1, 0.15) is 17.5 Å². The molecule has 0 radical (unpaired) electrons. The first-order chi connectivity index (χ1) is 8.10. The van der Waals surface area contributed by atoms with E-state index in [1.54, 1.807) is 0 Å². The summed E-state index contributed by atoms with van der Waals surface area (Å²) in [5, 5.41) is 0. The molecule has 94 valence electrons. The molecule has 6 nitrogen and oxygen atoms in total. The van der Waals surface area contributed by atoms with Crippen molar-refractivity contribution >= 4 is 11.6 Å². The Morgan fingerprint density at radius 1 is 1.47 bits per heavy atom. The van der Waals surface area contributed by atoms with E-state index in [0.717, 1.165) is 19.0 Å². The number of hydrogen-bond donors (Lipinski definition) is 2. The van der Waals surface area contributed by atoms with Crippen molar-refractivity contribution in [3.63, 3.8) is 0 Å². The van der Waals surface area contributed by atoms with Crippen LogP contribution in [-0.2, 0) is 4.74 Å². The van der Waals surface area contributed by atoms with Crippen LogP contribution in [0.2, 0.25) is 0 Å². The molecule has 2 unspecified atom stereocenters. The molecule has 1 aliphatic rings. The predicted octanol–water partition coefficient (Wildman–Crippen LogP) is 0.684. The van der Waals surface area contributed by atoms with Crippen LogP contribution in [0.5, 0.6) is 0 Å². The number of ether oxygens (including phenoxy) is 1. The lowest BCUT2D eigenvalue weighted by Crippen LogP contribution is -2.47. The van der Waals surface area contributed by atoms with E-state index in [1.807, 2.05) is 13.0 Å². The average molecular weight is 237 g/mol. The Bertz CT molecular complexity index is 397. The zero-order valence-electron chi connectivity index (χ0n) is 10.5. The summed E-state index contributed by atoms with van der Waals surface area (Å²) < 4.78 is 5.60. The molecule has 0 bridgehead atoms. The maximum Gasteiger partial charge on any atom is 0.145 e. The van der Waals surface area contributed by atoms with Crippen LogP contribution < -0.4 is 16.2 Å². The number of nitrogens with zero attached hydrogens (tertiary/aromatic N) is 3. The summed E-state index contributed by atoms with van der Waals surface area (Å²) in [6.45, 7) is 7.60. The van der Waals surface area contributed by atoms with Gasteiger partial charge in [-0.25, -0.2) is 15.8 Å². The van der Waals surface area contributed by atoms with Crippen LogP contribution in [-0.4, -0.2) is 35.3 Å². The summed E-state index contributed by atoms with van der Waals surface area (Å²) in [7, 11) is 0. The highest BCUT2D eigenvalue weighted by Crippen LogP contribution is 2.21. The van der Waals surface area contributed by atoms with Crippen LogP contribution in [0.15, 0.2) is 6.07 Å². The molecule has 0 saturated carbocycles. The molecule has 1 saturated heterocycles. The summed E-state index contributed by atoms with van der Waals surface area (Å²) in [6.07, 6.45) is 0.218. The smallest absolute Gasteiger partial charge is 0.145 e. The van der Waals surface area contributed by atoms with Crippen LogP contribution in [0, 0.1) is 6.92 Å². The zero-order valence-corrected chi connectivity index (χ0v) is 10.5. The van der Waals surface area contributed by atoms with Crippen LogP contribution >= 0.6 is 0 Å². The highest BCUT2D eigenvalue weighted by Gasteiger charge is 2.25. The minimum atomic E-state index is 0.218. The van der Waals surface area contributed by atoms with Gasteiger partial charge in [-0.05, 0) is 20.8 Å². The van der Waals surface area contributed by atoms with Gasteiger partial charge in [-0.1, -0.05) is 0 Å². The molecule has 1 aromatic heterocycles. The Morgan fingerprint density at radius 2 is 2.24 bits per heavy atom. The van der Waals surface area contributed by atoms with E-state index in [1.165, 1.54) is 0 Å². The summed E-state index contributed by atoms with van der Waals surface area (Å²) in [6, 6.07) is 2.17. The molecule has 0 aliphatic carbocycles. The molecule has 3 N–H and O–H groups in total. The third kappa shape index (κ3) is 2.65. The normalized spacial score (nSPS) is 24.8. The minimum Gasteiger partial charge on any atom is -0.375 e. The van der Waals surface area contributed by atoms with Gasteiger partial charge in [0.25, 0.3) is 0 Å². The predicted molar refractivity (Wildman–Crippen MR) is 66.8 cm³/mol. The van der Waals surface area contributed by atoms with Gasteiger partial charge in [-0.3, -0.25) is 0 Å². The van der Waals surface area contributed by atoms with Crippen molar-refractivity contribution in [1.29, 1.82) is 0 Å². The average Bonchev–Trinajstić information content (AvgIpc) is 2.31. The molecule has 0 spiro atoms. The number of anilines is 2. The lowest BCUT2D eigenvalue weighted by Gasteiger charge is -2.37. The van der Waals surface area contributed by atoms with Crippen LogP contribution in [0.4, 0.5) is 11.6 Å². The van der Waals surface area contributed by atoms with Crippen molar-refractivity contribution in [1.82, 2.24) is 9.97 Å². The number of hydrazine groups is 1. The fourth-order valence-electron chi connectivity index (χ4n) is 2.00. The second-order valence-corrected chi connectivity index (χ2v) is 4.45. The maximum absolute atomic E-state index is 5.60. The molecular weight excluding hydrogens is 218 g/mol.